The maximum absolute atomic E-state index is 13.5. The lowest BCUT2D eigenvalue weighted by molar-refractivity contribution is -0.137. The predicted molar refractivity (Wildman–Crippen MR) is 127 cm³/mol. The molecule has 0 unspecified atom stereocenters. The van der Waals surface area contributed by atoms with E-state index in [1.807, 2.05) is 36.4 Å². The summed E-state index contributed by atoms with van der Waals surface area (Å²) in [6.45, 7) is 4.04. The molecule has 0 radical (unpaired) electrons. The van der Waals surface area contributed by atoms with Crippen molar-refractivity contribution in [2.75, 3.05) is 6.61 Å². The van der Waals surface area contributed by atoms with Gasteiger partial charge in [-0.1, -0.05) is 36.4 Å². The Hall–Kier alpha value is -3.54. The lowest BCUT2D eigenvalue weighted by Gasteiger charge is -2.28. The van der Waals surface area contributed by atoms with Crippen molar-refractivity contribution in [3.05, 3.63) is 78.1 Å². The lowest BCUT2D eigenvalue weighted by atomic mass is 10.1. The van der Waals surface area contributed by atoms with Crippen molar-refractivity contribution in [2.24, 2.45) is 0 Å². The first-order valence-electron chi connectivity index (χ1n) is 11.6. The molecule has 0 atom stereocenters. The van der Waals surface area contributed by atoms with E-state index >= 15 is 0 Å². The van der Waals surface area contributed by atoms with Crippen molar-refractivity contribution in [2.45, 2.75) is 52.1 Å². The summed E-state index contributed by atoms with van der Waals surface area (Å²) in [7, 11) is 0. The average Bonchev–Trinajstić information content (AvgIpc) is 3.34. The number of aliphatic carboxylic acids is 1. The van der Waals surface area contributed by atoms with Crippen LogP contribution in [0.1, 0.15) is 56.8 Å². The fourth-order valence-electron chi connectivity index (χ4n) is 3.48. The number of hydrogen-bond acceptors (Lipinski definition) is 4. The Kier molecular flexibility index (Phi) is 8.17. The summed E-state index contributed by atoms with van der Waals surface area (Å²) in [6, 6.07) is 17.4. The third kappa shape index (κ3) is 6.97. The van der Waals surface area contributed by atoms with Crippen molar-refractivity contribution in [3.8, 4) is 17.1 Å². The predicted octanol–water partition coefficient (Wildman–Crippen LogP) is 6.02. The van der Waals surface area contributed by atoms with Gasteiger partial charge < -0.3 is 19.2 Å². The van der Waals surface area contributed by atoms with Gasteiger partial charge in [0.25, 0.3) is 5.91 Å². The monoisotopic (exact) mass is 450 g/mol. The number of rotatable bonds is 12. The fourth-order valence-corrected chi connectivity index (χ4v) is 3.48. The number of carbonyl (C=O) groups excluding carboxylic acids is 1. The van der Waals surface area contributed by atoms with Crippen LogP contribution in [0, 0.1) is 0 Å². The molecule has 2 aromatic carbocycles. The summed E-state index contributed by atoms with van der Waals surface area (Å²) >= 11 is 0. The molecule has 0 saturated heterocycles. The van der Waals surface area contributed by atoms with Gasteiger partial charge in [-0.25, -0.2) is 0 Å². The highest BCUT2D eigenvalue weighted by molar-refractivity contribution is 5.97. The molecule has 3 rings (SSSR count). The number of benzene rings is 2. The second-order valence-electron chi connectivity index (χ2n) is 8.06. The van der Waals surface area contributed by atoms with Crippen LogP contribution >= 0.6 is 0 Å². The van der Waals surface area contributed by atoms with E-state index < -0.39 is 12.0 Å². The van der Waals surface area contributed by atoms with Gasteiger partial charge >= 0.3 is 5.97 Å². The van der Waals surface area contributed by atoms with Crippen LogP contribution in [0.3, 0.4) is 0 Å². The number of furan rings is 1. The maximum atomic E-state index is 13.5. The number of amides is 1. The largest absolute Gasteiger partial charge is 0.493 e. The highest BCUT2D eigenvalue weighted by Gasteiger charge is 2.22. The molecule has 1 N–H and O–H groups in total. The first-order chi connectivity index (χ1) is 16.3. The van der Waals surface area contributed by atoms with Gasteiger partial charge in [-0.3, -0.25) is 9.59 Å². The minimum Gasteiger partial charge on any atom is -0.493 e. The molecule has 6 nitrogen and oxygen atoms in total. The number of hydrogen-bond donors (Lipinski definition) is 1. The van der Waals surface area contributed by atoms with Crippen molar-refractivity contribution in [3.63, 3.8) is 0 Å². The molecule has 1 aromatic heterocycles. The van der Waals surface area contributed by atoms with Gasteiger partial charge in [-0.2, -0.15) is 0 Å². The number of para-hydroxylation sites is 1. The fraction of sp³-hybridized carbons (Fsp3) is 0.333. The molecule has 0 aliphatic heterocycles. The molecule has 0 aliphatic carbocycles. The van der Waals surface area contributed by atoms with Gasteiger partial charge in [0.05, 0.1) is 19.8 Å². The number of carboxylic acids is 1. The van der Waals surface area contributed by atoms with E-state index in [1.54, 1.807) is 44.4 Å². The molecule has 0 fully saturated rings. The minimum atomic E-state index is -1.15. The van der Waals surface area contributed by atoms with Crippen molar-refractivity contribution >= 4 is 11.9 Å². The normalized spacial score (nSPS) is 11.6. The standard InChI is InChI=1S/C27H31NO5/c1-20(2)28(19-21-13-15-22(16-14-21)24-11-8-18-32-24)27(31)23-9-5-6-10-25(23)33-17-7-3-4-12-26(29)30/h5-6,8-11,13-16,18,20H,3-4,7,12,17,19H2,1-2H3,(H,29,30)/i20D. The molecule has 174 valence electrons. The van der Waals surface area contributed by atoms with E-state index in [0.29, 0.717) is 30.8 Å². The maximum Gasteiger partial charge on any atom is 0.303 e. The molecule has 0 spiro atoms. The third-order valence-electron chi connectivity index (χ3n) is 5.30. The quantitative estimate of drug-likeness (QED) is 0.341. The SMILES string of the molecule is [2H]C(C)(C)N(Cc1ccc(-c2ccco2)cc1)C(=O)c1ccccc1OCCCCCC(=O)O. The van der Waals surface area contributed by atoms with Gasteiger partial charge in [0.1, 0.15) is 11.5 Å². The Morgan fingerprint density at radius 2 is 1.79 bits per heavy atom. The molecule has 33 heavy (non-hydrogen) atoms. The van der Waals surface area contributed by atoms with Crippen LogP contribution in [0.25, 0.3) is 11.3 Å². The topological polar surface area (TPSA) is 80.0 Å². The smallest absolute Gasteiger partial charge is 0.303 e. The number of carbonyl (C=O) groups is 2. The van der Waals surface area contributed by atoms with E-state index in [1.165, 1.54) is 4.90 Å². The van der Waals surface area contributed by atoms with Gasteiger partial charge in [0.2, 0.25) is 0 Å². The third-order valence-corrected chi connectivity index (χ3v) is 5.30. The summed E-state index contributed by atoms with van der Waals surface area (Å²) < 4.78 is 19.9. The molecular formula is C27H31NO5. The van der Waals surface area contributed by atoms with Crippen LogP contribution in [0.5, 0.6) is 5.75 Å². The first kappa shape index (κ1) is 22.6. The molecule has 1 amide bonds. The highest BCUT2D eigenvalue weighted by atomic mass is 16.5. The van der Waals surface area contributed by atoms with Gasteiger partial charge in [-0.15, -0.1) is 0 Å². The molecule has 3 aromatic rings. The Bertz CT molecular complexity index is 1070. The summed E-state index contributed by atoms with van der Waals surface area (Å²) in [5.74, 6) is 0.157. The number of carboxylic acid groups (broad SMARTS) is 1. The molecular weight excluding hydrogens is 418 g/mol. The summed E-state index contributed by atoms with van der Waals surface area (Å²) in [4.78, 5) is 25.7. The van der Waals surface area contributed by atoms with Gasteiger partial charge in [0.15, 0.2) is 0 Å². The minimum absolute atomic E-state index is 0.144. The molecule has 0 saturated carbocycles. The van der Waals surface area contributed by atoms with Crippen molar-refractivity contribution in [1.82, 2.24) is 4.90 Å². The Labute approximate surface area is 196 Å². The number of ether oxygens (including phenoxy) is 1. The van der Waals surface area contributed by atoms with Crippen LogP contribution in [-0.4, -0.2) is 34.5 Å². The van der Waals surface area contributed by atoms with Gasteiger partial charge in [0, 0.05) is 24.5 Å². The summed E-state index contributed by atoms with van der Waals surface area (Å²) in [5.41, 5.74) is 2.25. The van der Waals surface area contributed by atoms with Crippen LogP contribution < -0.4 is 4.74 Å². The average molecular weight is 451 g/mol. The van der Waals surface area contributed by atoms with Crippen LogP contribution in [0.4, 0.5) is 0 Å². The van der Waals surface area contributed by atoms with Crippen molar-refractivity contribution in [1.29, 1.82) is 0 Å². The molecule has 0 bridgehead atoms. The van der Waals surface area contributed by atoms with E-state index in [0.717, 1.165) is 23.3 Å². The Morgan fingerprint density at radius 3 is 2.45 bits per heavy atom. The molecule has 0 aliphatic rings. The van der Waals surface area contributed by atoms with E-state index in [2.05, 4.69) is 0 Å². The van der Waals surface area contributed by atoms with Crippen LogP contribution in [0.2, 0.25) is 0 Å². The number of unbranched alkanes of at least 4 members (excludes halogenated alkanes) is 2. The summed E-state index contributed by atoms with van der Waals surface area (Å²) in [5, 5.41) is 8.73. The van der Waals surface area contributed by atoms with Crippen LogP contribution in [0.15, 0.2) is 71.3 Å². The Morgan fingerprint density at radius 1 is 1.03 bits per heavy atom. The van der Waals surface area contributed by atoms with Crippen molar-refractivity contribution < 1.29 is 25.2 Å². The van der Waals surface area contributed by atoms with Crippen LogP contribution in [-0.2, 0) is 11.3 Å². The zero-order chi connectivity index (χ0) is 24.6. The highest BCUT2D eigenvalue weighted by Crippen LogP contribution is 2.24. The molecule has 1 heterocycles. The first-order valence-corrected chi connectivity index (χ1v) is 11.1. The van der Waals surface area contributed by atoms with E-state index in [-0.39, 0.29) is 18.9 Å². The van der Waals surface area contributed by atoms with E-state index in [4.69, 9.17) is 15.6 Å². The van der Waals surface area contributed by atoms with E-state index in [9.17, 15) is 9.59 Å². The zero-order valence-electron chi connectivity index (χ0n) is 20.1. The number of nitrogens with zero attached hydrogens (tertiary/aromatic N) is 1. The van der Waals surface area contributed by atoms with Gasteiger partial charge in [-0.05, 0) is 62.9 Å². The Balaban J connectivity index is 1.70. The second kappa shape index (κ2) is 11.9. The molecule has 6 heteroatoms. The second-order valence-corrected chi connectivity index (χ2v) is 8.06. The zero-order valence-corrected chi connectivity index (χ0v) is 19.1. The lowest BCUT2D eigenvalue weighted by Crippen LogP contribution is -2.36. The summed E-state index contributed by atoms with van der Waals surface area (Å²) in [6.07, 6.45) is 3.81.